The highest BCUT2D eigenvalue weighted by atomic mass is 35.5. The molecular formula is C10H10ClF2NO3. The Morgan fingerprint density at radius 2 is 2.24 bits per heavy atom. The number of hydrogen-bond acceptors (Lipinski definition) is 4. The van der Waals surface area contributed by atoms with Crippen molar-refractivity contribution in [2.24, 2.45) is 0 Å². The van der Waals surface area contributed by atoms with Gasteiger partial charge in [-0.3, -0.25) is 4.98 Å². The fourth-order valence-corrected chi connectivity index (χ4v) is 1.50. The van der Waals surface area contributed by atoms with Gasteiger partial charge < -0.3 is 9.47 Å². The van der Waals surface area contributed by atoms with E-state index >= 15 is 0 Å². The number of aromatic nitrogens is 1. The molecule has 94 valence electrons. The van der Waals surface area contributed by atoms with E-state index in [1.54, 1.807) is 6.92 Å². The van der Waals surface area contributed by atoms with E-state index < -0.39 is 18.1 Å². The van der Waals surface area contributed by atoms with Crippen molar-refractivity contribution in [1.82, 2.24) is 4.98 Å². The number of esters is 1. The summed E-state index contributed by atoms with van der Waals surface area (Å²) in [5, 5.41) is -0.381. The Morgan fingerprint density at radius 1 is 1.59 bits per heavy atom. The summed E-state index contributed by atoms with van der Waals surface area (Å²) in [4.78, 5) is 14.9. The summed E-state index contributed by atoms with van der Waals surface area (Å²) < 4.78 is 34.6. The standard InChI is InChI=1S/C10H10ClF2NO3/c1-3-17-10(15)5-4-14-7(9(12)13)6(11)8(5)16-2/h4,9H,3H2,1-2H3. The maximum atomic E-state index is 12.5. The second-order valence-electron chi connectivity index (χ2n) is 2.93. The van der Waals surface area contributed by atoms with Gasteiger partial charge in [0.1, 0.15) is 16.3 Å². The minimum Gasteiger partial charge on any atom is -0.494 e. The minimum absolute atomic E-state index is 0.0799. The second kappa shape index (κ2) is 5.77. The lowest BCUT2D eigenvalue weighted by Crippen LogP contribution is -2.09. The van der Waals surface area contributed by atoms with Gasteiger partial charge in [-0.2, -0.15) is 0 Å². The molecule has 1 aromatic rings. The monoisotopic (exact) mass is 265 g/mol. The molecular weight excluding hydrogens is 256 g/mol. The lowest BCUT2D eigenvalue weighted by molar-refractivity contribution is 0.0521. The van der Waals surface area contributed by atoms with E-state index in [2.05, 4.69) is 4.98 Å². The summed E-state index contributed by atoms with van der Waals surface area (Å²) in [6, 6.07) is 0. The first-order chi connectivity index (χ1) is 8.02. The summed E-state index contributed by atoms with van der Waals surface area (Å²) in [6.45, 7) is 1.77. The van der Waals surface area contributed by atoms with Gasteiger partial charge in [0.25, 0.3) is 6.43 Å². The van der Waals surface area contributed by atoms with Crippen LogP contribution < -0.4 is 4.74 Å². The lowest BCUT2D eigenvalue weighted by atomic mass is 10.2. The Hall–Kier alpha value is -1.43. The molecule has 0 atom stereocenters. The van der Waals surface area contributed by atoms with Crippen molar-refractivity contribution in [2.75, 3.05) is 13.7 Å². The summed E-state index contributed by atoms with van der Waals surface area (Å²) in [6.07, 6.45) is -1.88. The van der Waals surface area contributed by atoms with Crippen molar-refractivity contribution in [1.29, 1.82) is 0 Å². The van der Waals surface area contributed by atoms with E-state index in [9.17, 15) is 13.6 Å². The first-order valence-electron chi connectivity index (χ1n) is 4.70. The third-order valence-electron chi connectivity index (χ3n) is 1.91. The van der Waals surface area contributed by atoms with Crippen molar-refractivity contribution >= 4 is 17.6 Å². The summed E-state index contributed by atoms with van der Waals surface area (Å²) >= 11 is 5.68. The van der Waals surface area contributed by atoms with Crippen LogP contribution in [-0.4, -0.2) is 24.7 Å². The number of methoxy groups -OCH3 is 1. The molecule has 4 nitrogen and oxygen atoms in total. The molecule has 0 spiro atoms. The van der Waals surface area contributed by atoms with Crippen LogP contribution in [-0.2, 0) is 4.74 Å². The topological polar surface area (TPSA) is 48.4 Å². The van der Waals surface area contributed by atoms with Crippen molar-refractivity contribution in [3.8, 4) is 5.75 Å². The summed E-state index contributed by atoms with van der Waals surface area (Å²) in [5.41, 5.74) is -0.708. The zero-order valence-corrected chi connectivity index (χ0v) is 9.92. The average molecular weight is 266 g/mol. The Labute approximate surface area is 101 Å². The fraction of sp³-hybridized carbons (Fsp3) is 0.400. The van der Waals surface area contributed by atoms with Crippen LogP contribution in [0.3, 0.4) is 0 Å². The normalized spacial score (nSPS) is 10.5. The molecule has 17 heavy (non-hydrogen) atoms. The minimum atomic E-state index is -2.84. The van der Waals surface area contributed by atoms with Gasteiger partial charge in [0, 0.05) is 6.20 Å². The van der Waals surface area contributed by atoms with Gasteiger partial charge in [0.05, 0.1) is 13.7 Å². The van der Waals surface area contributed by atoms with E-state index in [0.29, 0.717) is 0 Å². The molecule has 1 heterocycles. The molecule has 7 heteroatoms. The molecule has 1 rings (SSSR count). The SMILES string of the molecule is CCOC(=O)c1cnc(C(F)F)c(Cl)c1OC. The van der Waals surface area contributed by atoms with Crippen LogP contribution in [0.2, 0.25) is 5.02 Å². The maximum absolute atomic E-state index is 12.5. The van der Waals surface area contributed by atoms with Gasteiger partial charge in [-0.25, -0.2) is 13.6 Å². The number of carbonyl (C=O) groups is 1. The zero-order chi connectivity index (χ0) is 13.0. The van der Waals surface area contributed by atoms with Crippen LogP contribution in [0.15, 0.2) is 6.20 Å². The first kappa shape index (κ1) is 13.6. The quantitative estimate of drug-likeness (QED) is 0.786. The molecule has 0 bridgehead atoms. The van der Waals surface area contributed by atoms with E-state index in [4.69, 9.17) is 21.1 Å². The van der Waals surface area contributed by atoms with Gasteiger partial charge in [-0.1, -0.05) is 11.6 Å². The van der Waals surface area contributed by atoms with Crippen LogP contribution in [0.1, 0.15) is 29.4 Å². The third-order valence-corrected chi connectivity index (χ3v) is 2.27. The largest absolute Gasteiger partial charge is 0.494 e. The second-order valence-corrected chi connectivity index (χ2v) is 3.30. The average Bonchev–Trinajstić information content (AvgIpc) is 2.28. The van der Waals surface area contributed by atoms with E-state index in [0.717, 1.165) is 6.20 Å². The highest BCUT2D eigenvalue weighted by molar-refractivity contribution is 6.33. The Bertz CT molecular complexity index is 426. The van der Waals surface area contributed by atoms with Crippen LogP contribution in [0.5, 0.6) is 5.75 Å². The van der Waals surface area contributed by atoms with Crippen LogP contribution >= 0.6 is 11.6 Å². The van der Waals surface area contributed by atoms with Gasteiger partial charge in [-0.05, 0) is 6.92 Å². The predicted octanol–water partition coefficient (Wildman–Crippen LogP) is 2.86. The summed E-state index contributed by atoms with van der Waals surface area (Å²) in [7, 11) is 1.22. The van der Waals surface area contributed by atoms with Gasteiger partial charge in [0.15, 0.2) is 5.75 Å². The number of hydrogen-bond donors (Lipinski definition) is 0. The molecule has 0 aliphatic heterocycles. The Kier molecular flexibility index (Phi) is 4.62. The molecule has 0 aromatic carbocycles. The van der Waals surface area contributed by atoms with Gasteiger partial charge in [-0.15, -0.1) is 0 Å². The highest BCUT2D eigenvalue weighted by Gasteiger charge is 2.24. The molecule has 1 aromatic heterocycles. The number of rotatable bonds is 4. The predicted molar refractivity (Wildman–Crippen MR) is 56.7 cm³/mol. The molecule has 0 N–H and O–H groups in total. The number of nitrogens with zero attached hydrogens (tertiary/aromatic N) is 1. The van der Waals surface area contributed by atoms with Crippen molar-refractivity contribution in [3.05, 3.63) is 22.5 Å². The number of halogens is 3. The first-order valence-corrected chi connectivity index (χ1v) is 5.08. The molecule has 0 radical (unpaired) electrons. The maximum Gasteiger partial charge on any atom is 0.343 e. The highest BCUT2D eigenvalue weighted by Crippen LogP contribution is 2.35. The molecule has 0 saturated carbocycles. The van der Waals surface area contributed by atoms with Crippen LogP contribution in [0, 0.1) is 0 Å². The smallest absolute Gasteiger partial charge is 0.343 e. The van der Waals surface area contributed by atoms with Crippen LogP contribution in [0.4, 0.5) is 8.78 Å². The molecule has 0 unspecified atom stereocenters. The van der Waals surface area contributed by atoms with E-state index in [1.807, 2.05) is 0 Å². The molecule has 0 fully saturated rings. The number of carbonyl (C=O) groups excluding carboxylic acids is 1. The van der Waals surface area contributed by atoms with Crippen LogP contribution in [0.25, 0.3) is 0 Å². The summed E-state index contributed by atoms with van der Waals surface area (Å²) in [5.74, 6) is -0.880. The van der Waals surface area contributed by atoms with Gasteiger partial charge in [0.2, 0.25) is 0 Å². The number of alkyl halides is 2. The number of pyridine rings is 1. The van der Waals surface area contributed by atoms with E-state index in [1.165, 1.54) is 7.11 Å². The molecule has 0 aliphatic rings. The Balaban J connectivity index is 3.25. The van der Waals surface area contributed by atoms with Crippen molar-refractivity contribution in [2.45, 2.75) is 13.3 Å². The zero-order valence-electron chi connectivity index (χ0n) is 9.17. The third kappa shape index (κ3) is 2.82. The van der Waals surface area contributed by atoms with E-state index in [-0.39, 0.29) is 22.9 Å². The fourth-order valence-electron chi connectivity index (χ4n) is 1.19. The molecule has 0 saturated heterocycles. The van der Waals surface area contributed by atoms with Crippen molar-refractivity contribution < 1.29 is 23.0 Å². The lowest BCUT2D eigenvalue weighted by Gasteiger charge is -2.11. The van der Waals surface area contributed by atoms with Crippen molar-refractivity contribution in [3.63, 3.8) is 0 Å². The molecule has 0 amide bonds. The Morgan fingerprint density at radius 3 is 2.71 bits per heavy atom. The number of ether oxygens (including phenoxy) is 2. The molecule has 0 aliphatic carbocycles. The van der Waals surface area contributed by atoms with Gasteiger partial charge >= 0.3 is 5.97 Å².